The Bertz CT molecular complexity index is 913. The Kier molecular flexibility index (Phi) is 7.36. The highest BCUT2D eigenvalue weighted by Gasteiger charge is 2.30. The number of aromatic nitrogens is 2. The van der Waals surface area contributed by atoms with E-state index < -0.39 is 6.10 Å². The third-order valence-electron chi connectivity index (χ3n) is 5.84. The summed E-state index contributed by atoms with van der Waals surface area (Å²) in [7, 11) is 0. The molecule has 31 heavy (non-hydrogen) atoms. The third kappa shape index (κ3) is 5.66. The van der Waals surface area contributed by atoms with Gasteiger partial charge in [0.05, 0.1) is 11.9 Å². The second kappa shape index (κ2) is 9.98. The number of carbonyl (C=O) groups excluding carboxylic acids is 2. The monoisotopic (exact) mass is 426 g/mol. The molecule has 0 aliphatic carbocycles. The molecule has 0 radical (unpaired) electrons. The van der Waals surface area contributed by atoms with E-state index in [1.165, 1.54) is 0 Å². The van der Waals surface area contributed by atoms with Gasteiger partial charge >= 0.3 is 0 Å². The number of amides is 2. The number of carbonyl (C=O) groups is 2. The van der Waals surface area contributed by atoms with Crippen LogP contribution in [0.1, 0.15) is 57.6 Å². The molecule has 3 rings (SSSR count). The summed E-state index contributed by atoms with van der Waals surface area (Å²) < 4.78 is 7.86. The largest absolute Gasteiger partial charge is 0.481 e. The van der Waals surface area contributed by atoms with Crippen LogP contribution in [0, 0.1) is 12.8 Å². The highest BCUT2D eigenvalue weighted by molar-refractivity contribution is 5.92. The first-order valence-corrected chi connectivity index (χ1v) is 11.2. The van der Waals surface area contributed by atoms with Crippen LogP contribution in [0.25, 0.3) is 0 Å². The molecule has 1 unspecified atom stereocenters. The lowest BCUT2D eigenvalue weighted by molar-refractivity contribution is -0.140. The van der Waals surface area contributed by atoms with Crippen LogP contribution in [0.5, 0.6) is 5.75 Å². The van der Waals surface area contributed by atoms with Crippen LogP contribution < -0.4 is 10.1 Å². The Labute approximate surface area is 184 Å². The van der Waals surface area contributed by atoms with Crippen molar-refractivity contribution in [1.29, 1.82) is 0 Å². The summed E-state index contributed by atoms with van der Waals surface area (Å²) in [5.74, 6) is 0.955. The van der Waals surface area contributed by atoms with Crippen LogP contribution in [0.2, 0.25) is 0 Å². The summed E-state index contributed by atoms with van der Waals surface area (Å²) in [6, 6.07) is 6.13. The fourth-order valence-corrected chi connectivity index (χ4v) is 3.93. The summed E-state index contributed by atoms with van der Waals surface area (Å²) in [5, 5.41) is 7.12. The zero-order valence-electron chi connectivity index (χ0n) is 19.2. The van der Waals surface area contributed by atoms with Gasteiger partial charge in [-0.05, 0) is 56.7 Å². The molecule has 1 saturated heterocycles. The predicted molar refractivity (Wildman–Crippen MR) is 121 cm³/mol. The van der Waals surface area contributed by atoms with Gasteiger partial charge < -0.3 is 15.0 Å². The molecule has 0 spiro atoms. The number of nitrogens with zero attached hydrogens (tertiary/aromatic N) is 3. The van der Waals surface area contributed by atoms with Gasteiger partial charge in [0.15, 0.2) is 6.10 Å². The second-order valence-electron chi connectivity index (χ2n) is 8.63. The minimum absolute atomic E-state index is 0.00612. The van der Waals surface area contributed by atoms with Crippen molar-refractivity contribution in [3.8, 4) is 5.75 Å². The summed E-state index contributed by atoms with van der Waals surface area (Å²) in [4.78, 5) is 27.3. The number of hydrogen-bond donors (Lipinski definition) is 1. The first-order valence-electron chi connectivity index (χ1n) is 11.2. The van der Waals surface area contributed by atoms with E-state index in [-0.39, 0.29) is 17.7 Å². The molecule has 2 amide bonds. The predicted octanol–water partition coefficient (Wildman–Crippen LogP) is 3.98. The number of aryl methyl sites for hydroxylation is 2. The molecule has 2 aromatic rings. The lowest BCUT2D eigenvalue weighted by Crippen LogP contribution is -2.46. The van der Waals surface area contributed by atoms with E-state index in [1.54, 1.807) is 17.8 Å². The zero-order valence-corrected chi connectivity index (χ0v) is 19.2. The van der Waals surface area contributed by atoms with Crippen molar-refractivity contribution in [3.63, 3.8) is 0 Å². The van der Waals surface area contributed by atoms with Crippen molar-refractivity contribution in [2.24, 2.45) is 5.92 Å². The maximum Gasteiger partial charge on any atom is 0.263 e. The number of benzene rings is 1. The van der Waals surface area contributed by atoms with Crippen molar-refractivity contribution in [2.45, 2.75) is 66.0 Å². The van der Waals surface area contributed by atoms with E-state index in [4.69, 9.17) is 4.74 Å². The minimum Gasteiger partial charge on any atom is -0.481 e. The summed E-state index contributed by atoms with van der Waals surface area (Å²) in [6.45, 7) is 11.9. The number of piperidine rings is 1. The Morgan fingerprint density at radius 1 is 1.23 bits per heavy atom. The molecule has 1 aromatic carbocycles. The van der Waals surface area contributed by atoms with Gasteiger partial charge in [0.2, 0.25) is 5.91 Å². The lowest BCUT2D eigenvalue weighted by atomic mass is 9.95. The molecule has 1 aliphatic heterocycles. The molecule has 1 N–H and O–H groups in total. The van der Waals surface area contributed by atoms with E-state index in [0.29, 0.717) is 37.5 Å². The van der Waals surface area contributed by atoms with E-state index in [9.17, 15) is 9.59 Å². The fourth-order valence-electron chi connectivity index (χ4n) is 3.93. The zero-order chi connectivity index (χ0) is 22.5. The average Bonchev–Trinajstić information content (AvgIpc) is 3.20. The molecule has 7 nitrogen and oxygen atoms in total. The maximum absolute atomic E-state index is 13.0. The molecule has 7 heteroatoms. The Morgan fingerprint density at radius 3 is 2.55 bits per heavy atom. The van der Waals surface area contributed by atoms with Crippen LogP contribution in [0.15, 0.2) is 30.6 Å². The third-order valence-corrected chi connectivity index (χ3v) is 5.84. The maximum atomic E-state index is 13.0. The van der Waals surface area contributed by atoms with Crippen LogP contribution in [-0.2, 0) is 16.1 Å². The van der Waals surface area contributed by atoms with Gasteiger partial charge in [-0.3, -0.25) is 14.3 Å². The summed E-state index contributed by atoms with van der Waals surface area (Å²) >= 11 is 0. The van der Waals surface area contributed by atoms with Crippen molar-refractivity contribution in [2.75, 3.05) is 18.4 Å². The summed E-state index contributed by atoms with van der Waals surface area (Å²) in [6.07, 6.45) is 4.22. The first kappa shape index (κ1) is 22.8. The number of likely N-dealkylation sites (tertiary alicyclic amines) is 1. The van der Waals surface area contributed by atoms with Crippen LogP contribution in [-0.4, -0.2) is 45.7 Å². The smallest absolute Gasteiger partial charge is 0.263 e. The van der Waals surface area contributed by atoms with Crippen LogP contribution >= 0.6 is 0 Å². The number of anilines is 1. The molecular formula is C24H34N4O3. The van der Waals surface area contributed by atoms with Gasteiger partial charge in [-0.2, -0.15) is 5.10 Å². The average molecular weight is 427 g/mol. The number of rotatable bonds is 7. The van der Waals surface area contributed by atoms with E-state index in [1.807, 2.05) is 31.0 Å². The lowest BCUT2D eigenvalue weighted by Gasteiger charge is -2.33. The highest BCUT2D eigenvalue weighted by Crippen LogP contribution is 2.29. The Balaban J connectivity index is 1.54. The van der Waals surface area contributed by atoms with Crippen molar-refractivity contribution in [3.05, 3.63) is 41.7 Å². The van der Waals surface area contributed by atoms with Gasteiger partial charge in [0.25, 0.3) is 5.91 Å². The van der Waals surface area contributed by atoms with E-state index in [2.05, 4.69) is 36.4 Å². The topological polar surface area (TPSA) is 76.5 Å². The summed E-state index contributed by atoms with van der Waals surface area (Å²) in [5.41, 5.74) is 2.92. The molecule has 1 aliphatic rings. The molecule has 1 aromatic heterocycles. The van der Waals surface area contributed by atoms with E-state index in [0.717, 1.165) is 23.4 Å². The quantitative estimate of drug-likeness (QED) is 0.727. The van der Waals surface area contributed by atoms with Gasteiger partial charge in [-0.25, -0.2) is 0 Å². The second-order valence-corrected chi connectivity index (χ2v) is 8.63. The van der Waals surface area contributed by atoms with Crippen molar-refractivity contribution < 1.29 is 14.3 Å². The van der Waals surface area contributed by atoms with Gasteiger partial charge in [-0.15, -0.1) is 0 Å². The fraction of sp³-hybridized carbons (Fsp3) is 0.542. The Hall–Kier alpha value is -2.83. The van der Waals surface area contributed by atoms with Crippen LogP contribution in [0.3, 0.4) is 0 Å². The molecule has 1 fully saturated rings. The van der Waals surface area contributed by atoms with Crippen molar-refractivity contribution in [1.82, 2.24) is 14.7 Å². The molecule has 0 bridgehead atoms. The van der Waals surface area contributed by atoms with Gasteiger partial charge in [0, 0.05) is 31.7 Å². The Morgan fingerprint density at radius 2 is 1.94 bits per heavy atom. The number of ether oxygens (including phenoxy) is 1. The minimum atomic E-state index is -0.565. The highest BCUT2D eigenvalue weighted by atomic mass is 16.5. The SMILES string of the molecule is CCn1cc(NC(=O)C2CCN(C(=O)C(C)Oc3cc(C)ccc3C(C)C)CC2)cn1. The molecule has 1 atom stereocenters. The molecule has 0 saturated carbocycles. The molecule has 168 valence electrons. The van der Waals surface area contributed by atoms with Gasteiger partial charge in [0.1, 0.15) is 5.75 Å². The number of hydrogen-bond acceptors (Lipinski definition) is 4. The molecule has 2 heterocycles. The normalized spacial score (nSPS) is 15.7. The first-order chi connectivity index (χ1) is 14.8. The standard InChI is InChI=1S/C24H34N4O3/c1-6-28-15-20(14-25-28)26-23(29)19-9-11-27(12-10-19)24(30)18(5)31-22-13-17(4)7-8-21(22)16(2)3/h7-8,13-16,18-19H,6,9-12H2,1-5H3,(H,26,29). The van der Waals surface area contributed by atoms with E-state index >= 15 is 0 Å². The number of nitrogens with one attached hydrogen (secondary N) is 1. The van der Waals surface area contributed by atoms with Gasteiger partial charge in [-0.1, -0.05) is 26.0 Å². The van der Waals surface area contributed by atoms with Crippen molar-refractivity contribution >= 4 is 17.5 Å². The van der Waals surface area contributed by atoms with Crippen LogP contribution in [0.4, 0.5) is 5.69 Å². The molecular weight excluding hydrogens is 392 g/mol.